The van der Waals surface area contributed by atoms with Crippen LogP contribution < -0.4 is 0 Å². The number of thioether (sulfide) groups is 3. The van der Waals surface area contributed by atoms with Crippen LogP contribution in [0.15, 0.2) is 162 Å². The van der Waals surface area contributed by atoms with Crippen molar-refractivity contribution in [3.05, 3.63) is 157 Å². The highest BCUT2D eigenvalue weighted by Gasteiger charge is 2.26. The number of rotatable bonds is 65. The largest absolute Gasteiger partial charge is 0.463 e. The second-order valence-corrected chi connectivity index (χ2v) is 42.5. The lowest BCUT2D eigenvalue weighted by atomic mass is 10.1. The third-order valence-corrected chi connectivity index (χ3v) is 21.2. The summed E-state index contributed by atoms with van der Waals surface area (Å²) in [5.74, 6) is 1.62. The first-order chi connectivity index (χ1) is 69.9. The number of esters is 10. The summed E-state index contributed by atoms with van der Waals surface area (Å²) in [5.41, 5.74) is 1.17. The molecule has 858 valence electrons. The quantitative estimate of drug-likeness (QED) is 0.0148. The van der Waals surface area contributed by atoms with Crippen LogP contribution in [0, 0.1) is 29.6 Å². The number of benzene rings is 2. The van der Waals surface area contributed by atoms with Crippen LogP contribution >= 0.6 is 46.9 Å². The van der Waals surface area contributed by atoms with Crippen LogP contribution in [0.1, 0.15) is 285 Å². The number of hydrogen-bond donors (Lipinski definition) is 0. The van der Waals surface area contributed by atoms with E-state index in [1.54, 1.807) is 60.2 Å². The van der Waals surface area contributed by atoms with Crippen molar-refractivity contribution in [2.24, 2.45) is 29.6 Å². The molecule has 4 rings (SSSR count). The van der Waals surface area contributed by atoms with Gasteiger partial charge in [0.25, 0.3) is 0 Å². The molecule has 0 saturated carbocycles. The lowest BCUT2D eigenvalue weighted by Gasteiger charge is -2.22. The molecular weight excluding hydrogens is 1990 g/mol. The van der Waals surface area contributed by atoms with Crippen LogP contribution in [0.2, 0.25) is 5.02 Å². The van der Waals surface area contributed by atoms with Gasteiger partial charge in [-0.15, -0.1) is 35.3 Å². The van der Waals surface area contributed by atoms with Crippen LogP contribution in [-0.4, -0.2) is 255 Å². The van der Waals surface area contributed by atoms with Gasteiger partial charge in [0.1, 0.15) is 32.5 Å². The van der Waals surface area contributed by atoms with Crippen LogP contribution in [0.5, 0.6) is 0 Å². The Morgan fingerprint density at radius 1 is 0.376 bits per heavy atom. The Kier molecular flexibility index (Phi) is 101. The third-order valence-electron chi connectivity index (χ3n) is 17.5. The monoisotopic (exact) mass is 2180 g/mol. The number of epoxide rings is 1. The summed E-state index contributed by atoms with van der Waals surface area (Å²) in [4.78, 5) is 112. The van der Waals surface area contributed by atoms with Crippen molar-refractivity contribution < 1.29 is 138 Å². The molecule has 1 aliphatic carbocycles. The van der Waals surface area contributed by atoms with Crippen molar-refractivity contribution in [2.45, 2.75) is 381 Å². The number of carbonyl (C=O) groups is 10. The Balaban J connectivity index is -0.000000383. The van der Waals surface area contributed by atoms with Crippen molar-refractivity contribution in [3.8, 4) is 0 Å². The molecule has 2 aliphatic rings. The molecule has 1 aliphatic heterocycles. The van der Waals surface area contributed by atoms with Gasteiger partial charge in [-0.3, -0.25) is 19.2 Å². The van der Waals surface area contributed by atoms with Crippen LogP contribution in [0.25, 0.3) is 0 Å². The Morgan fingerprint density at radius 2 is 0.698 bits per heavy atom. The zero-order valence-electron chi connectivity index (χ0n) is 96.6. The van der Waals surface area contributed by atoms with E-state index < -0.39 is 23.9 Å². The maximum Gasteiger partial charge on any atom is 0.333 e. The normalized spacial score (nSPS) is 12.7. The van der Waals surface area contributed by atoms with Crippen molar-refractivity contribution in [2.75, 3.05) is 110 Å². The number of halogens is 1. The van der Waals surface area contributed by atoms with Gasteiger partial charge in [-0.1, -0.05) is 157 Å². The van der Waals surface area contributed by atoms with Crippen molar-refractivity contribution in [3.63, 3.8) is 0 Å². The fourth-order valence-electron chi connectivity index (χ4n) is 10.4. The lowest BCUT2D eigenvalue weighted by Crippen LogP contribution is -2.28. The van der Waals surface area contributed by atoms with E-state index in [1.165, 1.54) is 20.8 Å². The second-order valence-electron chi connectivity index (χ2n) is 38.8. The minimum absolute atomic E-state index is 0.0781. The molecule has 2 aromatic rings. The van der Waals surface area contributed by atoms with Gasteiger partial charge in [-0.05, 0) is 256 Å². The van der Waals surface area contributed by atoms with Gasteiger partial charge in [-0.25, -0.2) is 28.8 Å². The SMILES string of the molecule is C=C(C)C(=O)OCCCC(=O)OC(C)C.C=C(C)C(=O)OCCCC(C)C.C=C(C)C(=O)OCCOC(=O)CC(C)C.C=CC(=O)OCCCC(=O)OC(C)C.C=CC(=O)OCCCC(C)C.C=CC(=O)OCCOC(=O)CC(C)C.CC(C)OCC(CSC1=CCC=C1)OC(C)C.CC(C)OCC(CSc1ccc(Cl)cc1)OC(C)C.CC(C)OCC(CSc1ccccc1)OC(C)C.CC(C)OCC(OCC1CO1)C(C)C. The van der Waals surface area contributed by atoms with Crippen LogP contribution in [0.4, 0.5) is 0 Å². The minimum Gasteiger partial charge on any atom is -0.463 e. The van der Waals surface area contributed by atoms with Gasteiger partial charge < -0.3 is 90.0 Å². The van der Waals surface area contributed by atoms with Crippen molar-refractivity contribution in [1.29, 1.82) is 0 Å². The highest BCUT2D eigenvalue weighted by atomic mass is 35.5. The number of carbonyl (C=O) groups excluding carboxylic acids is 10. The van der Waals surface area contributed by atoms with Gasteiger partial charge in [0, 0.05) is 97.6 Å². The second kappa shape index (κ2) is 99.4. The first kappa shape index (κ1) is 152. The molecule has 0 bridgehead atoms. The Hall–Kier alpha value is -7.96. The molecule has 1 saturated heterocycles. The predicted octanol–water partition coefficient (Wildman–Crippen LogP) is 25.3. The molecule has 149 heavy (non-hydrogen) atoms. The summed E-state index contributed by atoms with van der Waals surface area (Å²) in [6.07, 6.45) is 19.9. The number of allylic oxidation sites excluding steroid dienone is 3. The third kappa shape index (κ3) is 115. The summed E-state index contributed by atoms with van der Waals surface area (Å²) in [6, 6.07) is 18.3. The van der Waals surface area contributed by atoms with E-state index in [0.717, 1.165) is 73.1 Å². The van der Waals surface area contributed by atoms with Gasteiger partial charge >= 0.3 is 59.7 Å². The fraction of sp³-hybridized carbons (Fsp3) is 0.672. The van der Waals surface area contributed by atoms with E-state index in [1.807, 2.05) is 109 Å². The standard InChI is InChI=1S/C15H23ClO2S.C15H24O2S.C14H24O2S.2C11H18O4.C11H22O3.2C10H16O4.C10H18O2.C9H16O2/c1-11(2)17-9-14(18-12(3)4)10-19-15-7-5-13(16)6-8-15;1-12(2)16-10-14(17-13(3)4)11-18-15-8-6-5-7-9-15;1-11(2)15-9-13(16-12(3)4)10-17-14-7-5-6-8-14;1-8(2)7-10(12)14-5-6-15-11(13)9(3)4;1-8(2)11(13)14-7-5-6-10(12)15-9(3)4;1-8(2)11(7-12-9(3)4)14-6-10-5-13-10;1-4-9(11)13-5-6-14-10(12)7-8(2)3;1-4-9(11)13-7-5-6-10(12)14-8(2)3;1-8(2)6-5-7-12-10(11)9(3)4;1-4-9(10)11-7-5-6-8(2)3/h5-8,11-12,14H,9-10H2,1-4H3;5-9,12-14H,10-11H2,1-4H3;5,7-8,11-13H,6,9-10H2,1-4H3;8H,3,5-7H2,1-2,4H3;9H,1,5-7H2,2-4H3;8-11H,5-7H2,1-4H3;2*4,8H,1,5-7H2,2-3H3;8H,3,5-7H2,1-2,4H3;4,8H,1,5-7H2,2-3H3. The molecule has 1 fully saturated rings. The molecule has 5 atom stereocenters. The maximum atomic E-state index is 11.1. The highest BCUT2D eigenvalue weighted by Crippen LogP contribution is 2.27. The van der Waals surface area contributed by atoms with E-state index in [2.05, 4.69) is 202 Å². The van der Waals surface area contributed by atoms with Gasteiger partial charge in [0.2, 0.25) is 0 Å². The topological polar surface area (TPSA) is 349 Å². The molecule has 5 unspecified atom stereocenters. The molecule has 0 amide bonds. The maximum absolute atomic E-state index is 11.1. The number of hydrogen-bond acceptors (Lipinski definition) is 32. The highest BCUT2D eigenvalue weighted by molar-refractivity contribution is 8.03. The molecule has 29 nitrogen and oxygen atoms in total. The van der Waals surface area contributed by atoms with E-state index >= 15 is 0 Å². The first-order valence-electron chi connectivity index (χ1n) is 52.2. The summed E-state index contributed by atoms with van der Waals surface area (Å²) in [7, 11) is 0. The van der Waals surface area contributed by atoms with Gasteiger partial charge in [-0.2, -0.15) is 0 Å². The molecule has 0 aromatic heterocycles. The van der Waals surface area contributed by atoms with E-state index in [-0.39, 0.29) is 179 Å². The zero-order valence-corrected chi connectivity index (χ0v) is 99.8. The molecule has 0 N–H and O–H groups in total. The Morgan fingerprint density at radius 3 is 1.01 bits per heavy atom. The summed E-state index contributed by atoms with van der Waals surface area (Å²) < 4.78 is 98.9. The number of ether oxygens (including phenoxy) is 19. The first-order valence-corrected chi connectivity index (χ1v) is 55.5. The van der Waals surface area contributed by atoms with Gasteiger partial charge in [0.15, 0.2) is 0 Å². The van der Waals surface area contributed by atoms with Crippen molar-refractivity contribution in [1.82, 2.24) is 0 Å². The molecule has 0 radical (unpaired) electrons. The van der Waals surface area contributed by atoms with E-state index in [9.17, 15) is 47.9 Å². The molecule has 1 heterocycles. The van der Waals surface area contributed by atoms with Crippen LogP contribution in [-0.2, 0) is 138 Å². The minimum atomic E-state index is -0.509. The van der Waals surface area contributed by atoms with Crippen LogP contribution in [0.3, 0.4) is 0 Å². The van der Waals surface area contributed by atoms with Crippen molar-refractivity contribution >= 4 is 107 Å². The lowest BCUT2D eigenvalue weighted by molar-refractivity contribution is -0.150. The predicted molar refractivity (Wildman–Crippen MR) is 603 cm³/mol. The summed E-state index contributed by atoms with van der Waals surface area (Å²) >= 11 is 11.3. The summed E-state index contributed by atoms with van der Waals surface area (Å²) in [5, 5.41) is 0.766. The molecule has 2 aromatic carbocycles. The average molecular weight is 2190 g/mol. The van der Waals surface area contributed by atoms with Gasteiger partial charge in [0.05, 0.1) is 145 Å². The molecule has 0 spiro atoms. The Labute approximate surface area is 915 Å². The molecular formula is C116H195ClO29S3. The average Bonchev–Trinajstić information content (AvgIpc) is 1.83. The summed E-state index contributed by atoms with van der Waals surface area (Å²) in [6.45, 7) is 87.6. The Bertz CT molecular complexity index is 3800. The van der Waals surface area contributed by atoms with E-state index in [4.69, 9.17) is 92.1 Å². The smallest absolute Gasteiger partial charge is 0.333 e. The fourth-order valence-corrected chi connectivity index (χ4v) is 13.2. The zero-order chi connectivity index (χ0) is 115. The van der Waals surface area contributed by atoms with E-state index in [0.29, 0.717) is 113 Å². The molecule has 33 heteroatoms.